The van der Waals surface area contributed by atoms with Crippen LogP contribution in [0.4, 0.5) is 5.69 Å². The lowest BCUT2D eigenvalue weighted by atomic mass is 10.2. The number of rotatable bonds is 3. The molecule has 0 aliphatic carbocycles. The zero-order valence-electron chi connectivity index (χ0n) is 7.35. The van der Waals surface area contributed by atoms with Crippen molar-refractivity contribution in [2.75, 3.05) is 11.9 Å². The van der Waals surface area contributed by atoms with Crippen LogP contribution in [-0.2, 0) is 0 Å². The van der Waals surface area contributed by atoms with Gasteiger partial charge in [0.2, 0.25) is 0 Å². The Morgan fingerprint density at radius 3 is 2.92 bits per heavy atom. The molecule has 1 rings (SSSR count). The maximum atomic E-state index is 5.72. The lowest BCUT2D eigenvalue weighted by Crippen LogP contribution is -2.00. The average Bonchev–Trinajstić information content (AvgIpc) is 2.14. The van der Waals surface area contributed by atoms with Crippen LogP contribution >= 0.6 is 23.2 Å². The van der Waals surface area contributed by atoms with Gasteiger partial charge in [0, 0.05) is 16.3 Å². The van der Waals surface area contributed by atoms with Gasteiger partial charge in [0.1, 0.15) is 0 Å². The topological polar surface area (TPSA) is 12.0 Å². The number of halogens is 2. The van der Waals surface area contributed by atoms with E-state index in [1.807, 2.05) is 25.1 Å². The molecule has 1 aromatic carbocycles. The van der Waals surface area contributed by atoms with Gasteiger partial charge >= 0.3 is 0 Å². The van der Waals surface area contributed by atoms with Gasteiger partial charge in [-0.05, 0) is 24.6 Å². The van der Waals surface area contributed by atoms with Gasteiger partial charge in [0.15, 0.2) is 0 Å². The summed E-state index contributed by atoms with van der Waals surface area (Å²) >= 11 is 11.1. The van der Waals surface area contributed by atoms with Crippen molar-refractivity contribution in [1.29, 1.82) is 0 Å². The predicted octanol–water partition coefficient (Wildman–Crippen LogP) is 3.73. The van der Waals surface area contributed by atoms with E-state index in [9.17, 15) is 0 Å². The molecule has 13 heavy (non-hydrogen) atoms. The molecule has 0 aliphatic heterocycles. The Morgan fingerprint density at radius 1 is 1.54 bits per heavy atom. The van der Waals surface area contributed by atoms with E-state index in [0.29, 0.717) is 11.6 Å². The second-order valence-corrected chi connectivity index (χ2v) is 3.48. The summed E-state index contributed by atoms with van der Waals surface area (Å²) in [6, 6.07) is 8.09. The van der Waals surface area contributed by atoms with E-state index in [-0.39, 0.29) is 0 Å². The van der Waals surface area contributed by atoms with Crippen molar-refractivity contribution in [1.82, 2.24) is 0 Å². The Kier molecular flexibility index (Phi) is 4.13. The van der Waals surface area contributed by atoms with Gasteiger partial charge in [-0.2, -0.15) is 0 Å². The summed E-state index contributed by atoms with van der Waals surface area (Å²) in [6.45, 7) is 2.61. The van der Waals surface area contributed by atoms with Crippen molar-refractivity contribution in [3.8, 4) is 0 Å². The molecule has 0 aliphatic rings. The summed E-state index contributed by atoms with van der Waals surface area (Å²) in [5, 5.41) is 3.75. The number of nitrogens with one attached hydrogen (secondary N) is 1. The molecule has 0 heterocycles. The zero-order valence-corrected chi connectivity index (χ0v) is 8.86. The van der Waals surface area contributed by atoms with Gasteiger partial charge in [0.25, 0.3) is 0 Å². The third-order valence-electron chi connectivity index (χ3n) is 1.60. The van der Waals surface area contributed by atoms with Gasteiger partial charge in [-0.15, -0.1) is 0 Å². The van der Waals surface area contributed by atoms with Crippen LogP contribution in [0.5, 0.6) is 0 Å². The number of benzene rings is 1. The first-order chi connectivity index (χ1) is 6.22. The summed E-state index contributed by atoms with van der Waals surface area (Å²) < 4.78 is 0. The van der Waals surface area contributed by atoms with Gasteiger partial charge in [0.05, 0.1) is 6.54 Å². The third kappa shape index (κ3) is 3.71. The van der Waals surface area contributed by atoms with Gasteiger partial charge in [-0.3, -0.25) is 0 Å². The molecule has 1 aromatic rings. The van der Waals surface area contributed by atoms with Crippen LogP contribution in [0.25, 0.3) is 0 Å². The maximum absolute atomic E-state index is 5.72. The molecule has 3 heteroatoms. The van der Waals surface area contributed by atoms with Crippen molar-refractivity contribution in [3.05, 3.63) is 40.4 Å². The molecule has 0 aromatic heterocycles. The molecule has 0 unspecified atom stereocenters. The second kappa shape index (κ2) is 5.15. The Bertz CT molecular complexity index is 308. The highest BCUT2D eigenvalue weighted by molar-refractivity contribution is 6.36. The van der Waals surface area contributed by atoms with Crippen LogP contribution < -0.4 is 5.32 Å². The Balaban J connectivity index is 2.55. The number of hydrogen-bond acceptors (Lipinski definition) is 1. The second-order valence-electron chi connectivity index (χ2n) is 2.78. The van der Waals surface area contributed by atoms with E-state index >= 15 is 0 Å². The molecule has 0 spiro atoms. The monoisotopic (exact) mass is 215 g/mol. The SMILES string of the molecule is Cc1cccc(NCC(Cl)=CCl)c1. The van der Waals surface area contributed by atoms with Crippen LogP contribution in [0.1, 0.15) is 5.56 Å². The van der Waals surface area contributed by atoms with Gasteiger partial charge in [-0.1, -0.05) is 35.3 Å². The predicted molar refractivity (Wildman–Crippen MR) is 59.5 cm³/mol. The first kappa shape index (κ1) is 10.4. The first-order valence-corrected chi connectivity index (χ1v) is 4.79. The first-order valence-electron chi connectivity index (χ1n) is 3.97. The molecule has 0 radical (unpaired) electrons. The van der Waals surface area contributed by atoms with Crippen molar-refractivity contribution in [3.63, 3.8) is 0 Å². The molecule has 0 saturated heterocycles. The quantitative estimate of drug-likeness (QED) is 0.811. The van der Waals surface area contributed by atoms with Gasteiger partial charge < -0.3 is 5.32 Å². The fourth-order valence-electron chi connectivity index (χ4n) is 0.980. The molecular weight excluding hydrogens is 205 g/mol. The maximum Gasteiger partial charge on any atom is 0.0516 e. The van der Waals surface area contributed by atoms with Crippen molar-refractivity contribution >= 4 is 28.9 Å². The van der Waals surface area contributed by atoms with E-state index < -0.39 is 0 Å². The minimum atomic E-state index is 0.564. The molecule has 0 fully saturated rings. The van der Waals surface area contributed by atoms with E-state index in [1.54, 1.807) is 0 Å². The Labute approximate surface area is 88.4 Å². The van der Waals surface area contributed by atoms with Crippen LogP contribution in [0.3, 0.4) is 0 Å². The third-order valence-corrected chi connectivity index (χ3v) is 2.22. The highest BCUT2D eigenvalue weighted by Crippen LogP contribution is 2.11. The van der Waals surface area contributed by atoms with Crippen LogP contribution in [-0.4, -0.2) is 6.54 Å². The van der Waals surface area contributed by atoms with Crippen molar-refractivity contribution in [2.45, 2.75) is 6.92 Å². The summed E-state index contributed by atoms with van der Waals surface area (Å²) in [4.78, 5) is 0. The molecule has 0 saturated carbocycles. The number of aryl methyl sites for hydroxylation is 1. The minimum Gasteiger partial charge on any atom is -0.380 e. The lowest BCUT2D eigenvalue weighted by molar-refractivity contribution is 1.30. The van der Waals surface area contributed by atoms with Crippen molar-refractivity contribution in [2.24, 2.45) is 0 Å². The average molecular weight is 216 g/mol. The van der Waals surface area contributed by atoms with Crippen LogP contribution in [0, 0.1) is 6.92 Å². The smallest absolute Gasteiger partial charge is 0.0516 e. The van der Waals surface area contributed by atoms with E-state index in [4.69, 9.17) is 23.2 Å². The van der Waals surface area contributed by atoms with E-state index in [2.05, 4.69) is 11.4 Å². The molecule has 0 atom stereocenters. The molecule has 1 nitrogen and oxygen atoms in total. The Morgan fingerprint density at radius 2 is 2.31 bits per heavy atom. The minimum absolute atomic E-state index is 0.564. The van der Waals surface area contributed by atoms with E-state index in [1.165, 1.54) is 11.1 Å². The highest BCUT2D eigenvalue weighted by atomic mass is 35.5. The fraction of sp³-hybridized carbons (Fsp3) is 0.200. The summed E-state index contributed by atoms with van der Waals surface area (Å²) in [7, 11) is 0. The number of hydrogen-bond donors (Lipinski definition) is 1. The van der Waals surface area contributed by atoms with E-state index in [0.717, 1.165) is 5.69 Å². The standard InChI is InChI=1S/C10H11Cl2N/c1-8-3-2-4-10(5-8)13-7-9(12)6-11/h2-6,13H,7H2,1H3. The normalized spacial score (nSPS) is 11.5. The Hall–Kier alpha value is -0.660. The van der Waals surface area contributed by atoms with Crippen LogP contribution in [0.15, 0.2) is 34.8 Å². The molecule has 0 amide bonds. The highest BCUT2D eigenvalue weighted by Gasteiger charge is 1.93. The molecule has 70 valence electrons. The summed E-state index contributed by atoms with van der Waals surface area (Å²) in [5.41, 5.74) is 3.64. The van der Waals surface area contributed by atoms with Gasteiger partial charge in [-0.25, -0.2) is 0 Å². The number of anilines is 1. The summed E-state index contributed by atoms with van der Waals surface area (Å²) in [6.07, 6.45) is 0. The fourth-order valence-corrected chi connectivity index (χ4v) is 1.12. The zero-order chi connectivity index (χ0) is 9.68. The largest absolute Gasteiger partial charge is 0.380 e. The molecular formula is C10H11Cl2N. The summed E-state index contributed by atoms with van der Waals surface area (Å²) in [5.74, 6) is 0. The molecule has 0 bridgehead atoms. The van der Waals surface area contributed by atoms with Crippen molar-refractivity contribution < 1.29 is 0 Å². The lowest BCUT2D eigenvalue weighted by Gasteiger charge is -2.05. The molecule has 1 N–H and O–H groups in total. The van der Waals surface area contributed by atoms with Crippen LogP contribution in [0.2, 0.25) is 0 Å².